The Morgan fingerprint density at radius 2 is 1.84 bits per heavy atom. The van der Waals surface area contributed by atoms with Crippen molar-refractivity contribution in [2.75, 3.05) is 4.90 Å². The third-order valence-electron chi connectivity index (χ3n) is 4.24. The second-order valence-electron chi connectivity index (χ2n) is 7.16. The summed E-state index contributed by atoms with van der Waals surface area (Å²) in [5.41, 5.74) is -0.276. The molecule has 134 valence electrons. The van der Waals surface area contributed by atoms with Gasteiger partial charge in [-0.1, -0.05) is 0 Å². The zero-order valence-electron chi connectivity index (χ0n) is 14.7. The van der Waals surface area contributed by atoms with Crippen LogP contribution in [-0.4, -0.2) is 21.1 Å². The van der Waals surface area contributed by atoms with E-state index in [1.165, 1.54) is 12.1 Å². The Hall–Kier alpha value is -2.44. The summed E-state index contributed by atoms with van der Waals surface area (Å²) in [4.78, 5) is 18.4. The molecule has 0 bridgehead atoms. The Balaban J connectivity index is 1.89. The Bertz CT molecular complexity index is 842. The fraction of sp³-hybridized carbons (Fsp3) is 0.444. The van der Waals surface area contributed by atoms with Gasteiger partial charge in [0, 0.05) is 18.2 Å². The van der Waals surface area contributed by atoms with E-state index in [-0.39, 0.29) is 24.1 Å². The minimum Gasteiger partial charge on any atom is -0.473 e. The van der Waals surface area contributed by atoms with Crippen molar-refractivity contribution in [1.82, 2.24) is 9.55 Å². The van der Waals surface area contributed by atoms with Crippen LogP contribution in [0.5, 0.6) is 5.88 Å². The minimum atomic E-state index is -0.673. The highest BCUT2D eigenvalue weighted by Gasteiger charge is 2.38. The normalized spacial score (nSPS) is 15.6. The molecule has 7 heteroatoms. The van der Waals surface area contributed by atoms with Crippen LogP contribution in [0.25, 0.3) is 0 Å². The molecular weight excluding hydrogens is 328 g/mol. The number of ether oxygens (including phenoxy) is 1. The summed E-state index contributed by atoms with van der Waals surface area (Å²) >= 11 is 0. The highest BCUT2D eigenvalue weighted by atomic mass is 19.1. The van der Waals surface area contributed by atoms with E-state index in [1.807, 2.05) is 0 Å². The smallest absolute Gasteiger partial charge is 0.352 e. The van der Waals surface area contributed by atoms with Gasteiger partial charge >= 0.3 is 5.69 Å². The van der Waals surface area contributed by atoms with Crippen LogP contribution >= 0.6 is 0 Å². The molecule has 1 aromatic carbocycles. The van der Waals surface area contributed by atoms with Crippen molar-refractivity contribution in [1.29, 1.82) is 0 Å². The summed E-state index contributed by atoms with van der Waals surface area (Å²) < 4.78 is 33.6. The summed E-state index contributed by atoms with van der Waals surface area (Å²) in [6.45, 7) is 8.71. The highest BCUT2D eigenvalue weighted by Crippen LogP contribution is 2.35. The molecule has 0 saturated heterocycles. The molecule has 0 spiro atoms. The van der Waals surface area contributed by atoms with Gasteiger partial charge in [0.25, 0.3) is 0 Å². The summed E-state index contributed by atoms with van der Waals surface area (Å²) in [5.74, 6) is -0.466. The highest BCUT2D eigenvalue weighted by molar-refractivity contribution is 5.49. The van der Waals surface area contributed by atoms with Crippen molar-refractivity contribution in [2.45, 2.75) is 52.4 Å². The molecule has 0 aliphatic carbocycles. The summed E-state index contributed by atoms with van der Waals surface area (Å²) in [7, 11) is 0. The van der Waals surface area contributed by atoms with Crippen molar-refractivity contribution in [3.05, 3.63) is 51.9 Å². The first-order valence-corrected chi connectivity index (χ1v) is 8.16. The van der Waals surface area contributed by atoms with E-state index >= 15 is 0 Å². The van der Waals surface area contributed by atoms with Gasteiger partial charge in [-0.2, -0.15) is 4.98 Å². The zero-order valence-corrected chi connectivity index (χ0v) is 14.7. The van der Waals surface area contributed by atoms with E-state index in [0.29, 0.717) is 12.1 Å². The van der Waals surface area contributed by atoms with E-state index in [1.54, 1.807) is 10.6 Å². The van der Waals surface area contributed by atoms with Gasteiger partial charge in [-0.25, -0.2) is 13.6 Å². The Kier molecular flexibility index (Phi) is 4.26. The van der Waals surface area contributed by atoms with Crippen LogP contribution in [0.15, 0.2) is 29.1 Å². The Morgan fingerprint density at radius 1 is 1.20 bits per heavy atom. The average Bonchev–Trinajstić information content (AvgIpc) is 2.75. The molecule has 25 heavy (non-hydrogen) atoms. The first-order valence-electron chi connectivity index (χ1n) is 8.16. The third kappa shape index (κ3) is 3.36. The molecule has 1 aliphatic rings. The van der Waals surface area contributed by atoms with Gasteiger partial charge in [0.1, 0.15) is 24.1 Å². The van der Waals surface area contributed by atoms with E-state index in [9.17, 15) is 13.6 Å². The first kappa shape index (κ1) is 17.4. The van der Waals surface area contributed by atoms with Gasteiger partial charge in [0.05, 0.1) is 12.1 Å². The third-order valence-corrected chi connectivity index (χ3v) is 4.24. The van der Waals surface area contributed by atoms with E-state index < -0.39 is 17.3 Å². The molecule has 0 unspecified atom stereocenters. The monoisotopic (exact) mass is 349 g/mol. The fourth-order valence-corrected chi connectivity index (χ4v) is 3.48. The lowest BCUT2D eigenvalue weighted by Crippen LogP contribution is -2.45. The molecule has 3 rings (SSSR count). The quantitative estimate of drug-likeness (QED) is 0.851. The van der Waals surface area contributed by atoms with Gasteiger partial charge in [0.2, 0.25) is 5.88 Å². The maximum absolute atomic E-state index is 13.3. The molecule has 0 N–H and O–H groups in total. The Labute approximate surface area is 144 Å². The largest absolute Gasteiger partial charge is 0.473 e. The molecular formula is C18H21F2N3O2. The van der Waals surface area contributed by atoms with Crippen LogP contribution < -0.4 is 15.3 Å². The van der Waals surface area contributed by atoms with Gasteiger partial charge in [-0.15, -0.1) is 0 Å². The Morgan fingerprint density at radius 3 is 2.44 bits per heavy atom. The molecule has 0 atom stereocenters. The number of rotatable bonds is 4. The molecule has 0 radical (unpaired) electrons. The number of aromatic nitrogens is 2. The van der Waals surface area contributed by atoms with Crippen LogP contribution in [-0.2, 0) is 13.2 Å². The van der Waals surface area contributed by atoms with Crippen molar-refractivity contribution in [3.63, 3.8) is 0 Å². The van der Waals surface area contributed by atoms with Crippen LogP contribution in [0.3, 0.4) is 0 Å². The van der Waals surface area contributed by atoms with E-state index in [2.05, 4.69) is 37.6 Å². The first-order chi connectivity index (χ1) is 11.7. The molecule has 2 heterocycles. The summed E-state index contributed by atoms with van der Waals surface area (Å²) in [5, 5.41) is 0. The number of halogens is 2. The molecule has 0 saturated carbocycles. The predicted octanol–water partition coefficient (Wildman–Crippen LogP) is 3.11. The number of fused-ring (bicyclic) bond motifs is 1. The number of nitrogens with zero attached hydrogens (tertiary/aromatic N) is 3. The molecule has 1 aliphatic heterocycles. The van der Waals surface area contributed by atoms with Gasteiger partial charge in [-0.3, -0.25) is 4.57 Å². The maximum Gasteiger partial charge on any atom is 0.352 e. The molecule has 5 nitrogen and oxygen atoms in total. The molecule has 0 amide bonds. The standard InChI is InChI=1S/C18H21F2N3O2/c1-11(2)23-16-8-15(21-17(24)22(16)10-18(23,3)4)25-9-12-5-13(19)7-14(20)6-12/h5-8,11H,9-10H2,1-4H3. The van der Waals surface area contributed by atoms with Crippen LogP contribution in [0.1, 0.15) is 33.3 Å². The van der Waals surface area contributed by atoms with Crippen LogP contribution in [0, 0.1) is 11.6 Å². The molecule has 2 aromatic rings. The number of hydrogen-bond acceptors (Lipinski definition) is 4. The molecule has 1 aromatic heterocycles. The summed E-state index contributed by atoms with van der Waals surface area (Å²) in [6.07, 6.45) is 0. The van der Waals surface area contributed by atoms with Crippen molar-refractivity contribution in [3.8, 4) is 5.88 Å². The van der Waals surface area contributed by atoms with Crippen molar-refractivity contribution >= 4 is 5.82 Å². The second kappa shape index (κ2) is 6.13. The van der Waals surface area contributed by atoms with E-state index in [4.69, 9.17) is 4.74 Å². The average molecular weight is 349 g/mol. The van der Waals surface area contributed by atoms with Gasteiger partial charge < -0.3 is 9.64 Å². The topological polar surface area (TPSA) is 47.4 Å². The SMILES string of the molecule is CC(C)N1c2cc(OCc3cc(F)cc(F)c3)nc(=O)n2CC1(C)C. The number of anilines is 1. The number of hydrogen-bond donors (Lipinski definition) is 0. The zero-order chi connectivity index (χ0) is 18.4. The lowest BCUT2D eigenvalue weighted by molar-refractivity contribution is 0.290. The van der Waals surface area contributed by atoms with Crippen LogP contribution in [0.4, 0.5) is 14.6 Å². The second-order valence-corrected chi connectivity index (χ2v) is 7.16. The van der Waals surface area contributed by atoms with E-state index in [0.717, 1.165) is 11.9 Å². The van der Waals surface area contributed by atoms with Crippen molar-refractivity contribution in [2.24, 2.45) is 0 Å². The van der Waals surface area contributed by atoms with Gasteiger partial charge in [0.15, 0.2) is 0 Å². The maximum atomic E-state index is 13.3. The fourth-order valence-electron chi connectivity index (χ4n) is 3.48. The summed E-state index contributed by atoms with van der Waals surface area (Å²) in [6, 6.07) is 5.06. The van der Waals surface area contributed by atoms with Gasteiger partial charge in [-0.05, 0) is 45.4 Å². The predicted molar refractivity (Wildman–Crippen MR) is 90.9 cm³/mol. The van der Waals surface area contributed by atoms with Crippen molar-refractivity contribution < 1.29 is 13.5 Å². The number of benzene rings is 1. The van der Waals surface area contributed by atoms with Crippen LogP contribution in [0.2, 0.25) is 0 Å². The minimum absolute atomic E-state index is 0.0738. The lowest BCUT2D eigenvalue weighted by atomic mass is 10.0. The molecule has 0 fully saturated rings. The lowest BCUT2D eigenvalue weighted by Gasteiger charge is -2.36.